The molecule has 0 bridgehead atoms. The van der Waals surface area contributed by atoms with Crippen molar-refractivity contribution in [1.29, 1.82) is 0 Å². The van der Waals surface area contributed by atoms with E-state index in [1.54, 1.807) is 0 Å². The number of hydrogen-bond acceptors (Lipinski definition) is 1. The summed E-state index contributed by atoms with van der Waals surface area (Å²) in [7, 11) is 0. The minimum Gasteiger partial charge on any atom is -0.481 e. The van der Waals surface area contributed by atoms with E-state index >= 15 is 0 Å². The highest BCUT2D eigenvalue weighted by molar-refractivity contribution is 5.74. The number of allylic oxidation sites excluding steroid dienone is 6. The Bertz CT molecular complexity index is 450. The summed E-state index contributed by atoms with van der Waals surface area (Å²) in [6, 6.07) is 0. The molecule has 0 aromatic rings. The number of rotatable bonds is 8. The molecule has 1 aliphatic carbocycles. The fourth-order valence-electron chi connectivity index (χ4n) is 2.79. The maximum atomic E-state index is 11.0. The third-order valence-corrected chi connectivity index (χ3v) is 4.33. The molecule has 0 aliphatic heterocycles. The van der Waals surface area contributed by atoms with Crippen LogP contribution in [0.5, 0.6) is 0 Å². The molecule has 0 aromatic carbocycles. The van der Waals surface area contributed by atoms with Gasteiger partial charge < -0.3 is 5.11 Å². The number of aliphatic carboxylic acids is 1. The number of carboxylic acid groups (broad SMARTS) is 1. The van der Waals surface area contributed by atoms with E-state index in [1.165, 1.54) is 16.7 Å². The van der Waals surface area contributed by atoms with Crippen molar-refractivity contribution in [3.05, 3.63) is 34.9 Å². The molecule has 2 nitrogen and oxygen atoms in total. The topological polar surface area (TPSA) is 37.3 Å². The van der Waals surface area contributed by atoms with E-state index in [2.05, 4.69) is 45.9 Å². The van der Waals surface area contributed by atoms with Crippen LogP contribution in [0.15, 0.2) is 34.9 Å². The van der Waals surface area contributed by atoms with Crippen molar-refractivity contribution in [1.82, 2.24) is 0 Å². The molecule has 21 heavy (non-hydrogen) atoms. The molecule has 0 unspecified atom stereocenters. The second-order valence-electron chi connectivity index (χ2n) is 6.72. The smallest absolute Gasteiger partial charge is 0.307 e. The molecule has 0 radical (unpaired) electrons. The van der Waals surface area contributed by atoms with Crippen LogP contribution in [0.25, 0.3) is 0 Å². The molecule has 1 N–H and O–H groups in total. The molecule has 1 aliphatic rings. The van der Waals surface area contributed by atoms with Crippen LogP contribution in [-0.4, -0.2) is 11.1 Å². The van der Waals surface area contributed by atoms with Gasteiger partial charge in [-0.05, 0) is 65.2 Å². The summed E-state index contributed by atoms with van der Waals surface area (Å²) in [5, 5.41) is 9.03. The first-order chi connectivity index (χ1) is 9.82. The summed E-state index contributed by atoms with van der Waals surface area (Å²) in [6.45, 7) is 10.6. The van der Waals surface area contributed by atoms with E-state index in [4.69, 9.17) is 5.11 Å². The summed E-state index contributed by atoms with van der Waals surface area (Å²) in [5.41, 5.74) is 4.15. The molecule has 0 heterocycles. The van der Waals surface area contributed by atoms with E-state index in [-0.39, 0.29) is 11.8 Å². The third kappa shape index (κ3) is 6.33. The molecule has 2 heteroatoms. The van der Waals surface area contributed by atoms with E-state index < -0.39 is 5.97 Å². The molecule has 118 valence electrons. The van der Waals surface area contributed by atoms with Gasteiger partial charge in [0.1, 0.15) is 0 Å². The van der Waals surface area contributed by atoms with Crippen molar-refractivity contribution in [2.75, 3.05) is 0 Å². The van der Waals surface area contributed by atoms with Gasteiger partial charge in [-0.3, -0.25) is 4.79 Å². The molecule has 0 aromatic heterocycles. The zero-order chi connectivity index (χ0) is 16.0. The molecular formula is C19H30O2. The summed E-state index contributed by atoms with van der Waals surface area (Å²) < 4.78 is 0. The Morgan fingerprint density at radius 2 is 1.57 bits per heavy atom. The van der Waals surface area contributed by atoms with Crippen LogP contribution in [0.1, 0.15) is 60.3 Å². The average Bonchev–Trinajstić information content (AvgIpc) is 2.98. The Hall–Kier alpha value is -1.31. The second kappa shape index (κ2) is 8.21. The van der Waals surface area contributed by atoms with Crippen molar-refractivity contribution < 1.29 is 9.90 Å². The first kappa shape index (κ1) is 17.7. The Kier molecular flexibility index (Phi) is 6.94. The van der Waals surface area contributed by atoms with Gasteiger partial charge in [-0.1, -0.05) is 41.9 Å². The Morgan fingerprint density at radius 3 is 2.10 bits per heavy atom. The second-order valence-corrected chi connectivity index (χ2v) is 6.72. The van der Waals surface area contributed by atoms with Crippen molar-refractivity contribution in [3.63, 3.8) is 0 Å². The molecule has 1 fully saturated rings. The van der Waals surface area contributed by atoms with Gasteiger partial charge in [0.15, 0.2) is 0 Å². The fraction of sp³-hybridized carbons (Fsp3) is 0.632. The Morgan fingerprint density at radius 1 is 1.00 bits per heavy atom. The van der Waals surface area contributed by atoms with Crippen LogP contribution in [0.4, 0.5) is 0 Å². The van der Waals surface area contributed by atoms with E-state index in [9.17, 15) is 4.79 Å². The van der Waals surface area contributed by atoms with Gasteiger partial charge in [0.05, 0.1) is 5.92 Å². The molecule has 0 amide bonds. The van der Waals surface area contributed by atoms with Crippen molar-refractivity contribution in [2.45, 2.75) is 60.3 Å². The number of carbonyl (C=O) groups is 1. The largest absolute Gasteiger partial charge is 0.481 e. The minimum atomic E-state index is -0.647. The van der Waals surface area contributed by atoms with E-state index in [0.29, 0.717) is 5.92 Å². The molecule has 3 atom stereocenters. The standard InChI is InChI=1S/C19H30O2/c1-13(2)8-6-9-14(3)10-7-11-15(4)12-17-16(5)18(17)19(20)21/h8,10,12,16-18H,6-7,9,11H2,1-5H3,(H,20,21)/b14-10+,15-12+/t16-,17-,18+/m1/s1. The van der Waals surface area contributed by atoms with Crippen LogP contribution in [0.2, 0.25) is 0 Å². The van der Waals surface area contributed by atoms with Gasteiger partial charge in [0, 0.05) is 0 Å². The van der Waals surface area contributed by atoms with Gasteiger partial charge in [0.2, 0.25) is 0 Å². The van der Waals surface area contributed by atoms with Gasteiger partial charge in [-0.15, -0.1) is 0 Å². The van der Waals surface area contributed by atoms with Crippen molar-refractivity contribution in [2.24, 2.45) is 17.8 Å². The van der Waals surface area contributed by atoms with E-state index in [1.807, 2.05) is 6.92 Å². The molecule has 1 rings (SSSR count). The first-order valence-electron chi connectivity index (χ1n) is 8.02. The van der Waals surface area contributed by atoms with Crippen LogP contribution >= 0.6 is 0 Å². The Balaban J connectivity index is 2.32. The highest BCUT2D eigenvalue weighted by atomic mass is 16.4. The number of hydrogen-bond donors (Lipinski definition) is 1. The summed E-state index contributed by atoms with van der Waals surface area (Å²) in [6.07, 6.45) is 11.1. The van der Waals surface area contributed by atoms with Gasteiger partial charge >= 0.3 is 5.97 Å². The molecule has 0 saturated heterocycles. The predicted molar refractivity (Wildman–Crippen MR) is 89.2 cm³/mol. The van der Waals surface area contributed by atoms with Crippen LogP contribution in [-0.2, 0) is 4.79 Å². The van der Waals surface area contributed by atoms with Gasteiger partial charge in [-0.2, -0.15) is 0 Å². The minimum absolute atomic E-state index is 0.152. The molecule has 0 spiro atoms. The average molecular weight is 290 g/mol. The van der Waals surface area contributed by atoms with E-state index in [0.717, 1.165) is 25.7 Å². The third-order valence-electron chi connectivity index (χ3n) is 4.33. The van der Waals surface area contributed by atoms with Crippen molar-refractivity contribution >= 4 is 5.97 Å². The van der Waals surface area contributed by atoms with Gasteiger partial charge in [-0.25, -0.2) is 0 Å². The van der Waals surface area contributed by atoms with Crippen LogP contribution in [0.3, 0.4) is 0 Å². The zero-order valence-corrected chi connectivity index (χ0v) is 14.1. The van der Waals surface area contributed by atoms with Crippen molar-refractivity contribution in [3.8, 4) is 0 Å². The molecule has 1 saturated carbocycles. The highest BCUT2D eigenvalue weighted by Crippen LogP contribution is 2.47. The lowest BCUT2D eigenvalue weighted by molar-refractivity contribution is -0.139. The quantitative estimate of drug-likeness (QED) is 0.610. The summed E-state index contributed by atoms with van der Waals surface area (Å²) in [4.78, 5) is 11.0. The summed E-state index contributed by atoms with van der Waals surface area (Å²) in [5.74, 6) is -0.239. The SMILES string of the molecule is CC(C)=CCC/C(C)=C/CC/C(C)=C/[C@@H]1[C@@H](C)[C@@H]1C(=O)O. The Labute approximate surface area is 129 Å². The number of carboxylic acids is 1. The maximum Gasteiger partial charge on any atom is 0.307 e. The predicted octanol–water partition coefficient (Wildman–Crippen LogP) is 5.37. The lowest BCUT2D eigenvalue weighted by atomic mass is 10.1. The van der Waals surface area contributed by atoms with Crippen LogP contribution in [0, 0.1) is 17.8 Å². The summed E-state index contributed by atoms with van der Waals surface area (Å²) >= 11 is 0. The highest BCUT2D eigenvalue weighted by Gasteiger charge is 2.50. The molecular weight excluding hydrogens is 260 g/mol. The first-order valence-corrected chi connectivity index (χ1v) is 8.02. The fourth-order valence-corrected chi connectivity index (χ4v) is 2.79. The monoisotopic (exact) mass is 290 g/mol. The lowest BCUT2D eigenvalue weighted by Gasteiger charge is -2.01. The lowest BCUT2D eigenvalue weighted by Crippen LogP contribution is -1.99. The normalized spacial score (nSPS) is 25.7. The van der Waals surface area contributed by atoms with Crippen LogP contribution < -0.4 is 0 Å². The van der Waals surface area contributed by atoms with Gasteiger partial charge in [0.25, 0.3) is 0 Å². The zero-order valence-electron chi connectivity index (χ0n) is 14.1. The maximum absolute atomic E-state index is 11.0.